The van der Waals surface area contributed by atoms with Crippen molar-refractivity contribution in [3.63, 3.8) is 0 Å². The van der Waals surface area contributed by atoms with Gasteiger partial charge in [0.2, 0.25) is 0 Å². The second kappa shape index (κ2) is 6.58. The summed E-state index contributed by atoms with van der Waals surface area (Å²) in [6.07, 6.45) is 0. The predicted octanol–water partition coefficient (Wildman–Crippen LogP) is 2.81. The molecule has 0 saturated carbocycles. The second-order valence-corrected chi connectivity index (χ2v) is 4.29. The quantitative estimate of drug-likeness (QED) is 0.744. The van der Waals surface area contributed by atoms with E-state index >= 15 is 0 Å². The molecule has 5 nitrogen and oxygen atoms in total. The van der Waals surface area contributed by atoms with Crippen molar-refractivity contribution in [2.75, 3.05) is 5.32 Å². The molecule has 2 rings (SSSR count). The van der Waals surface area contributed by atoms with E-state index in [9.17, 15) is 9.59 Å². The minimum Gasteiger partial charge on any atom is -0.305 e. The first-order chi connectivity index (χ1) is 9.66. The third-order valence-electron chi connectivity index (χ3n) is 2.45. The normalized spacial score (nSPS) is 9.65. The van der Waals surface area contributed by atoms with Crippen LogP contribution in [0.3, 0.4) is 0 Å². The smallest absolute Gasteiger partial charge is 0.305 e. The van der Waals surface area contributed by atoms with Crippen molar-refractivity contribution in [2.24, 2.45) is 0 Å². The van der Waals surface area contributed by atoms with E-state index in [0.29, 0.717) is 16.3 Å². The lowest BCUT2D eigenvalue weighted by atomic mass is 10.2. The fraction of sp³-hybridized carbons (Fsp3) is 0. The van der Waals surface area contributed by atoms with Gasteiger partial charge in [0, 0.05) is 5.56 Å². The van der Waals surface area contributed by atoms with Crippen LogP contribution in [-0.4, -0.2) is 11.9 Å². The van der Waals surface area contributed by atoms with Crippen molar-refractivity contribution in [3.8, 4) is 0 Å². The molecule has 0 spiro atoms. The summed E-state index contributed by atoms with van der Waals surface area (Å²) in [5.41, 5.74) is 5.45. The maximum Gasteiger partial charge on any atom is 0.337 e. The summed E-state index contributed by atoms with van der Waals surface area (Å²) in [5.74, 6) is -0.403. The highest BCUT2D eigenvalue weighted by atomic mass is 35.5. The molecule has 102 valence electrons. The molecule has 0 unspecified atom stereocenters. The molecular weight excluding hydrogens is 278 g/mol. The van der Waals surface area contributed by atoms with Gasteiger partial charge in [0.05, 0.1) is 10.7 Å². The summed E-state index contributed by atoms with van der Waals surface area (Å²) in [6, 6.07) is 14.8. The van der Waals surface area contributed by atoms with Gasteiger partial charge in [-0.1, -0.05) is 41.9 Å². The van der Waals surface area contributed by atoms with E-state index < -0.39 is 11.9 Å². The lowest BCUT2D eigenvalue weighted by molar-refractivity contribution is 0.0938. The van der Waals surface area contributed by atoms with E-state index in [1.165, 1.54) is 0 Å². The number of hydrogen-bond donors (Lipinski definition) is 3. The van der Waals surface area contributed by atoms with Gasteiger partial charge in [-0.25, -0.2) is 10.2 Å². The van der Waals surface area contributed by atoms with Crippen LogP contribution in [0.4, 0.5) is 10.5 Å². The van der Waals surface area contributed by atoms with E-state index in [1.807, 2.05) is 0 Å². The summed E-state index contributed by atoms with van der Waals surface area (Å²) in [6.45, 7) is 0. The summed E-state index contributed by atoms with van der Waals surface area (Å²) in [5, 5.41) is 2.93. The Morgan fingerprint density at radius 3 is 2.20 bits per heavy atom. The fourth-order valence-corrected chi connectivity index (χ4v) is 1.67. The Labute approximate surface area is 120 Å². The van der Waals surface area contributed by atoms with Crippen LogP contribution < -0.4 is 16.2 Å². The molecule has 0 aliphatic rings. The number of benzene rings is 2. The van der Waals surface area contributed by atoms with Crippen LogP contribution in [0.1, 0.15) is 10.4 Å². The molecule has 20 heavy (non-hydrogen) atoms. The first-order valence-corrected chi connectivity index (χ1v) is 6.21. The maximum absolute atomic E-state index is 11.7. The first-order valence-electron chi connectivity index (χ1n) is 5.84. The number of hydrazine groups is 1. The largest absolute Gasteiger partial charge is 0.337 e. The molecule has 2 aromatic rings. The van der Waals surface area contributed by atoms with Crippen molar-refractivity contribution in [3.05, 3.63) is 65.2 Å². The van der Waals surface area contributed by atoms with Crippen molar-refractivity contribution in [2.45, 2.75) is 0 Å². The lowest BCUT2D eigenvalue weighted by Gasteiger charge is -2.09. The monoisotopic (exact) mass is 289 g/mol. The first kappa shape index (κ1) is 13.9. The van der Waals surface area contributed by atoms with Gasteiger partial charge in [0.1, 0.15) is 0 Å². The van der Waals surface area contributed by atoms with Gasteiger partial charge >= 0.3 is 6.03 Å². The average Bonchev–Trinajstić information content (AvgIpc) is 2.48. The van der Waals surface area contributed by atoms with Crippen LogP contribution in [0.5, 0.6) is 0 Å². The molecule has 0 atom stereocenters. The molecule has 0 bridgehead atoms. The van der Waals surface area contributed by atoms with E-state index in [-0.39, 0.29) is 0 Å². The van der Waals surface area contributed by atoms with Gasteiger partial charge in [0.25, 0.3) is 5.91 Å². The average molecular weight is 290 g/mol. The summed E-state index contributed by atoms with van der Waals surface area (Å²) >= 11 is 5.90. The Hall–Kier alpha value is -2.53. The molecule has 3 amide bonds. The van der Waals surface area contributed by atoms with Crippen LogP contribution in [0, 0.1) is 0 Å². The zero-order valence-corrected chi connectivity index (χ0v) is 11.1. The van der Waals surface area contributed by atoms with Gasteiger partial charge in [0.15, 0.2) is 0 Å². The van der Waals surface area contributed by atoms with Crippen LogP contribution in [-0.2, 0) is 0 Å². The second-order valence-electron chi connectivity index (χ2n) is 3.88. The van der Waals surface area contributed by atoms with Gasteiger partial charge in [-0.15, -0.1) is 0 Å². The Bertz CT molecular complexity index is 617. The lowest BCUT2D eigenvalue weighted by Crippen LogP contribution is -2.43. The van der Waals surface area contributed by atoms with Gasteiger partial charge in [-0.05, 0) is 24.3 Å². The van der Waals surface area contributed by atoms with E-state index in [1.54, 1.807) is 54.6 Å². The van der Waals surface area contributed by atoms with Crippen LogP contribution in [0.15, 0.2) is 54.6 Å². The Morgan fingerprint density at radius 2 is 1.50 bits per heavy atom. The van der Waals surface area contributed by atoms with Gasteiger partial charge < -0.3 is 5.32 Å². The number of carbonyl (C=O) groups excluding carboxylic acids is 2. The van der Waals surface area contributed by atoms with E-state index in [2.05, 4.69) is 16.2 Å². The van der Waals surface area contributed by atoms with Gasteiger partial charge in [-0.3, -0.25) is 10.2 Å². The summed E-state index contributed by atoms with van der Waals surface area (Å²) < 4.78 is 0. The molecule has 0 fully saturated rings. The molecule has 0 aliphatic heterocycles. The highest BCUT2D eigenvalue weighted by Gasteiger charge is 2.07. The molecule has 6 heteroatoms. The Kier molecular flexibility index (Phi) is 4.57. The third kappa shape index (κ3) is 3.73. The van der Waals surface area contributed by atoms with Crippen molar-refractivity contribution in [1.82, 2.24) is 10.9 Å². The van der Waals surface area contributed by atoms with Crippen molar-refractivity contribution < 1.29 is 9.59 Å². The highest BCUT2D eigenvalue weighted by Crippen LogP contribution is 2.19. The number of amides is 3. The number of halogens is 1. The Balaban J connectivity index is 1.87. The Morgan fingerprint density at radius 1 is 0.850 bits per heavy atom. The minimum atomic E-state index is -0.581. The van der Waals surface area contributed by atoms with Crippen LogP contribution in [0.2, 0.25) is 5.02 Å². The molecule has 0 saturated heterocycles. The summed E-state index contributed by atoms with van der Waals surface area (Å²) in [4.78, 5) is 23.3. The number of anilines is 1. The van der Waals surface area contributed by atoms with E-state index in [4.69, 9.17) is 11.6 Å². The topological polar surface area (TPSA) is 70.2 Å². The van der Waals surface area contributed by atoms with Crippen molar-refractivity contribution >= 4 is 29.2 Å². The summed E-state index contributed by atoms with van der Waals surface area (Å²) in [7, 11) is 0. The van der Waals surface area contributed by atoms with Crippen molar-refractivity contribution in [1.29, 1.82) is 0 Å². The number of rotatable bonds is 2. The third-order valence-corrected chi connectivity index (χ3v) is 2.78. The number of hydrogen-bond acceptors (Lipinski definition) is 2. The molecule has 0 aliphatic carbocycles. The standard InChI is InChI=1S/C14H12ClN3O2/c15-11-8-4-5-9-12(11)16-14(20)18-17-13(19)10-6-2-1-3-7-10/h1-9H,(H,17,19)(H2,16,18,20). The predicted molar refractivity (Wildman–Crippen MR) is 77.5 cm³/mol. The molecule has 2 aromatic carbocycles. The van der Waals surface area contributed by atoms with Crippen LogP contribution in [0.25, 0.3) is 0 Å². The van der Waals surface area contributed by atoms with E-state index in [0.717, 1.165) is 0 Å². The maximum atomic E-state index is 11.7. The number of carbonyl (C=O) groups is 2. The molecule has 0 heterocycles. The minimum absolute atomic E-state index is 0.403. The number of urea groups is 1. The number of para-hydroxylation sites is 1. The molecule has 0 radical (unpaired) electrons. The van der Waals surface area contributed by atoms with Crippen LogP contribution >= 0.6 is 11.6 Å². The highest BCUT2D eigenvalue weighted by molar-refractivity contribution is 6.33. The zero-order chi connectivity index (χ0) is 14.4. The molecule has 3 N–H and O–H groups in total. The molecule has 0 aromatic heterocycles. The number of nitrogens with one attached hydrogen (secondary N) is 3. The SMILES string of the molecule is O=C(NNC(=O)c1ccccc1)Nc1ccccc1Cl. The fourth-order valence-electron chi connectivity index (χ4n) is 1.49. The zero-order valence-electron chi connectivity index (χ0n) is 10.4. The van der Waals surface area contributed by atoms with Gasteiger partial charge in [-0.2, -0.15) is 0 Å². The molecular formula is C14H12ClN3O2.